The average Bonchev–Trinajstić information content (AvgIpc) is 3.35. The molecule has 28 heavy (non-hydrogen) atoms. The van der Waals surface area contributed by atoms with Gasteiger partial charge in [-0.3, -0.25) is 4.90 Å². The lowest BCUT2D eigenvalue weighted by Crippen LogP contribution is -2.50. The Morgan fingerprint density at radius 1 is 1.18 bits per heavy atom. The first-order valence-corrected chi connectivity index (χ1v) is 10.7. The molecule has 0 radical (unpaired) electrons. The number of carbonyl (C=O) groups is 1. The van der Waals surface area contributed by atoms with E-state index in [4.69, 9.17) is 9.47 Å². The van der Waals surface area contributed by atoms with E-state index in [0.29, 0.717) is 6.04 Å². The molecule has 3 fully saturated rings. The zero-order valence-corrected chi connectivity index (χ0v) is 17.0. The summed E-state index contributed by atoms with van der Waals surface area (Å²) in [5, 5.41) is 0. The van der Waals surface area contributed by atoms with E-state index in [1.54, 1.807) is 0 Å². The molecule has 6 nitrogen and oxygen atoms in total. The number of rotatable bonds is 7. The molecule has 3 saturated heterocycles. The maximum absolute atomic E-state index is 12.4. The fraction of sp³-hybridized carbons (Fsp3) is 0.682. The van der Waals surface area contributed by atoms with Crippen LogP contribution in [0.4, 0.5) is 4.79 Å². The van der Waals surface area contributed by atoms with Crippen LogP contribution < -0.4 is 0 Å². The highest BCUT2D eigenvalue weighted by molar-refractivity contribution is 5.70. The van der Waals surface area contributed by atoms with Crippen molar-refractivity contribution < 1.29 is 14.3 Å². The number of ether oxygens (including phenoxy) is 2. The number of piperidine rings is 1. The van der Waals surface area contributed by atoms with Crippen molar-refractivity contribution in [2.45, 2.75) is 37.3 Å². The highest BCUT2D eigenvalue weighted by Gasteiger charge is 2.47. The van der Waals surface area contributed by atoms with E-state index in [0.717, 1.165) is 78.2 Å². The van der Waals surface area contributed by atoms with Crippen molar-refractivity contribution in [1.82, 2.24) is 14.7 Å². The molecule has 1 aromatic carbocycles. The van der Waals surface area contributed by atoms with Gasteiger partial charge in [-0.15, -0.1) is 0 Å². The first-order valence-electron chi connectivity index (χ1n) is 10.7. The molecule has 0 N–H and O–H groups in total. The fourth-order valence-electron chi connectivity index (χ4n) is 4.60. The van der Waals surface area contributed by atoms with Crippen molar-refractivity contribution in [3.8, 4) is 0 Å². The Bertz CT molecular complexity index is 640. The molecule has 4 rings (SSSR count). The van der Waals surface area contributed by atoms with Gasteiger partial charge in [0.2, 0.25) is 0 Å². The van der Waals surface area contributed by atoms with Crippen LogP contribution in [-0.4, -0.2) is 92.0 Å². The normalized spacial score (nSPS) is 25.0. The van der Waals surface area contributed by atoms with Crippen molar-refractivity contribution in [2.75, 3.05) is 59.5 Å². The summed E-state index contributed by atoms with van der Waals surface area (Å²) in [6, 6.07) is 11.1. The molecule has 1 unspecified atom stereocenters. The van der Waals surface area contributed by atoms with E-state index in [2.05, 4.69) is 41.1 Å². The Hall–Kier alpha value is -1.63. The molecular weight excluding hydrogens is 354 g/mol. The Kier molecular flexibility index (Phi) is 6.19. The maximum atomic E-state index is 12.4. The summed E-state index contributed by atoms with van der Waals surface area (Å²) in [6.07, 6.45) is 3.92. The number of carbonyl (C=O) groups excluding carboxylic acids is 1. The quantitative estimate of drug-likeness (QED) is 0.718. The smallest absolute Gasteiger partial charge is 0.410 e. The lowest BCUT2D eigenvalue weighted by molar-refractivity contribution is -0.0111. The first-order chi connectivity index (χ1) is 13.6. The largest absolute Gasteiger partial charge is 0.441 e. The van der Waals surface area contributed by atoms with Crippen molar-refractivity contribution in [3.05, 3.63) is 35.9 Å². The molecule has 3 aliphatic rings. The van der Waals surface area contributed by atoms with Crippen LogP contribution in [0.15, 0.2) is 30.3 Å². The minimum absolute atomic E-state index is 0.130. The van der Waals surface area contributed by atoms with Crippen LogP contribution in [0.5, 0.6) is 0 Å². The molecule has 3 heterocycles. The number of benzene rings is 1. The highest BCUT2D eigenvalue weighted by atomic mass is 16.6. The predicted octanol–water partition coefficient (Wildman–Crippen LogP) is 2.24. The number of amides is 1. The standard InChI is InChI=1S/C22H33N3O3/c1-23(11-7-19-5-3-2-4-6-19)14-15-25-18-22(28-21(25)26)9-12-24(13-10-22)20-8-16-27-17-20/h2-6,20H,7-18H2,1H3. The van der Waals surface area contributed by atoms with Gasteiger partial charge in [0.1, 0.15) is 5.60 Å². The van der Waals surface area contributed by atoms with E-state index < -0.39 is 0 Å². The summed E-state index contributed by atoms with van der Waals surface area (Å²) in [5.41, 5.74) is 1.09. The van der Waals surface area contributed by atoms with Crippen LogP contribution in [0.25, 0.3) is 0 Å². The molecule has 6 heteroatoms. The lowest BCUT2D eigenvalue weighted by Gasteiger charge is -2.39. The Balaban J connectivity index is 1.20. The molecule has 1 atom stereocenters. The second-order valence-corrected chi connectivity index (χ2v) is 8.56. The van der Waals surface area contributed by atoms with Crippen molar-refractivity contribution in [1.29, 1.82) is 0 Å². The van der Waals surface area contributed by atoms with Crippen molar-refractivity contribution in [3.63, 3.8) is 0 Å². The van der Waals surface area contributed by atoms with Gasteiger partial charge >= 0.3 is 6.09 Å². The number of hydrogen-bond acceptors (Lipinski definition) is 5. The molecule has 1 spiro atoms. The monoisotopic (exact) mass is 387 g/mol. The Morgan fingerprint density at radius 2 is 1.96 bits per heavy atom. The van der Waals surface area contributed by atoms with Crippen LogP contribution in [-0.2, 0) is 15.9 Å². The fourth-order valence-corrected chi connectivity index (χ4v) is 4.60. The van der Waals surface area contributed by atoms with Gasteiger partial charge in [0.25, 0.3) is 0 Å². The van der Waals surface area contributed by atoms with Crippen LogP contribution in [0.2, 0.25) is 0 Å². The topological polar surface area (TPSA) is 45.2 Å². The molecular formula is C22H33N3O3. The molecule has 0 saturated carbocycles. The van der Waals surface area contributed by atoms with Gasteiger partial charge in [0, 0.05) is 58.2 Å². The van der Waals surface area contributed by atoms with Gasteiger partial charge in [0.15, 0.2) is 0 Å². The summed E-state index contributed by atoms with van der Waals surface area (Å²) in [4.78, 5) is 19.2. The molecule has 154 valence electrons. The zero-order valence-electron chi connectivity index (χ0n) is 17.0. The predicted molar refractivity (Wildman–Crippen MR) is 108 cm³/mol. The zero-order chi connectivity index (χ0) is 19.4. The number of likely N-dealkylation sites (N-methyl/N-ethyl adjacent to an activating group) is 1. The third-order valence-electron chi connectivity index (χ3n) is 6.55. The number of nitrogens with zero attached hydrogens (tertiary/aromatic N) is 3. The molecule has 0 bridgehead atoms. The highest BCUT2D eigenvalue weighted by Crippen LogP contribution is 2.34. The van der Waals surface area contributed by atoms with Gasteiger partial charge in [-0.25, -0.2) is 4.79 Å². The van der Waals surface area contributed by atoms with E-state index in [1.807, 2.05) is 11.0 Å². The van der Waals surface area contributed by atoms with Gasteiger partial charge in [0.05, 0.1) is 13.2 Å². The molecule has 1 amide bonds. The summed E-state index contributed by atoms with van der Waals surface area (Å²) >= 11 is 0. The lowest BCUT2D eigenvalue weighted by atomic mass is 9.90. The Labute approximate surface area is 168 Å². The van der Waals surface area contributed by atoms with E-state index in [1.165, 1.54) is 5.56 Å². The van der Waals surface area contributed by atoms with Gasteiger partial charge < -0.3 is 19.3 Å². The molecule has 3 aliphatic heterocycles. The third-order valence-corrected chi connectivity index (χ3v) is 6.55. The van der Waals surface area contributed by atoms with Crippen LogP contribution in [0, 0.1) is 0 Å². The second kappa shape index (κ2) is 8.80. The first kappa shape index (κ1) is 19.7. The Morgan fingerprint density at radius 3 is 2.68 bits per heavy atom. The van der Waals surface area contributed by atoms with E-state index in [-0.39, 0.29) is 11.7 Å². The van der Waals surface area contributed by atoms with E-state index >= 15 is 0 Å². The number of likely N-dealkylation sites (tertiary alicyclic amines) is 1. The van der Waals surface area contributed by atoms with Crippen LogP contribution in [0.3, 0.4) is 0 Å². The average molecular weight is 388 g/mol. The van der Waals surface area contributed by atoms with E-state index in [9.17, 15) is 4.79 Å². The van der Waals surface area contributed by atoms with Crippen molar-refractivity contribution in [2.24, 2.45) is 0 Å². The summed E-state index contributed by atoms with van der Waals surface area (Å²) in [6.45, 7) is 7.11. The van der Waals surface area contributed by atoms with Gasteiger partial charge in [-0.05, 0) is 25.5 Å². The summed E-state index contributed by atoms with van der Waals surface area (Å²) in [5.74, 6) is 0. The van der Waals surface area contributed by atoms with Crippen LogP contribution in [0.1, 0.15) is 24.8 Å². The SMILES string of the molecule is CN(CCc1ccccc1)CCN1CC2(CCN(C3CCOC3)CC2)OC1=O. The molecule has 0 aliphatic carbocycles. The summed E-state index contributed by atoms with van der Waals surface area (Å²) in [7, 11) is 2.13. The second-order valence-electron chi connectivity index (χ2n) is 8.56. The van der Waals surface area contributed by atoms with Crippen molar-refractivity contribution >= 4 is 6.09 Å². The number of hydrogen-bond donors (Lipinski definition) is 0. The molecule has 1 aromatic rings. The van der Waals surface area contributed by atoms with Crippen LogP contribution >= 0.6 is 0 Å². The summed E-state index contributed by atoms with van der Waals surface area (Å²) < 4.78 is 11.4. The minimum atomic E-state index is -0.268. The third kappa shape index (κ3) is 4.67. The maximum Gasteiger partial charge on any atom is 0.410 e. The minimum Gasteiger partial charge on any atom is -0.441 e. The van der Waals surface area contributed by atoms with Gasteiger partial charge in [-0.1, -0.05) is 30.3 Å². The van der Waals surface area contributed by atoms with Gasteiger partial charge in [-0.2, -0.15) is 0 Å². The molecule has 0 aromatic heterocycles.